The number of nitrogens with zero attached hydrogens (tertiary/aromatic N) is 2. The van der Waals surface area contributed by atoms with Gasteiger partial charge in [0.2, 0.25) is 5.60 Å². The van der Waals surface area contributed by atoms with Crippen LogP contribution >= 0.6 is 0 Å². The molecule has 0 N–H and O–H groups in total. The molecule has 0 saturated carbocycles. The molecule has 0 aromatic heterocycles. The van der Waals surface area contributed by atoms with E-state index >= 15 is 0 Å². The Kier molecular flexibility index (Phi) is 5.99. The van der Waals surface area contributed by atoms with Crippen molar-refractivity contribution in [1.29, 1.82) is 0 Å². The van der Waals surface area contributed by atoms with E-state index in [1.807, 2.05) is 53.4 Å². The minimum Gasteiger partial charge on any atom is -0.440 e. The number of hydrogen-bond acceptors (Lipinski definition) is 5. The van der Waals surface area contributed by atoms with Crippen LogP contribution in [0.15, 0.2) is 72.8 Å². The first-order valence-electron chi connectivity index (χ1n) is 13.4. The van der Waals surface area contributed by atoms with Crippen LogP contribution in [0.4, 0.5) is 11.4 Å². The van der Waals surface area contributed by atoms with Crippen LogP contribution in [-0.2, 0) is 35.1 Å². The second-order valence-corrected chi connectivity index (χ2v) is 10.8. The molecule has 0 radical (unpaired) electrons. The van der Waals surface area contributed by atoms with Gasteiger partial charge in [-0.05, 0) is 30.5 Å². The zero-order valence-electron chi connectivity index (χ0n) is 21.5. The highest BCUT2D eigenvalue weighted by atomic mass is 16.6. The summed E-state index contributed by atoms with van der Waals surface area (Å²) in [7, 11) is 0. The number of amides is 2. The predicted octanol–water partition coefficient (Wildman–Crippen LogP) is 4.90. The van der Waals surface area contributed by atoms with E-state index in [1.165, 1.54) is 0 Å². The van der Waals surface area contributed by atoms with E-state index in [0.29, 0.717) is 31.7 Å². The van der Waals surface area contributed by atoms with Crippen LogP contribution in [0, 0.1) is 0 Å². The van der Waals surface area contributed by atoms with Crippen molar-refractivity contribution < 1.29 is 23.9 Å². The van der Waals surface area contributed by atoms with Gasteiger partial charge < -0.3 is 19.3 Å². The van der Waals surface area contributed by atoms with E-state index in [1.54, 1.807) is 4.90 Å². The molecule has 38 heavy (non-hydrogen) atoms. The van der Waals surface area contributed by atoms with Gasteiger partial charge in [-0.3, -0.25) is 9.59 Å². The average molecular weight is 513 g/mol. The van der Waals surface area contributed by atoms with E-state index < -0.39 is 17.2 Å². The van der Waals surface area contributed by atoms with Crippen molar-refractivity contribution >= 4 is 29.2 Å². The number of rotatable bonds is 8. The molecule has 4 aliphatic rings. The molecule has 6 rings (SSSR count). The summed E-state index contributed by atoms with van der Waals surface area (Å²) in [6.07, 6.45) is 5.44. The lowest BCUT2D eigenvalue weighted by Gasteiger charge is -2.23. The SMILES string of the molecule is C=C1COC2(C1)C(=O)N(CCCCCCCN1C(=O)C3(CC(=C)C(=O)O3)c3ccccc31)c1ccccc12. The van der Waals surface area contributed by atoms with Gasteiger partial charge in [-0.2, -0.15) is 0 Å². The number of para-hydroxylation sites is 2. The highest BCUT2D eigenvalue weighted by molar-refractivity contribution is 6.11. The number of esters is 1. The van der Waals surface area contributed by atoms with Crippen molar-refractivity contribution in [3.8, 4) is 0 Å². The van der Waals surface area contributed by atoms with Gasteiger partial charge in [0.05, 0.1) is 18.0 Å². The first-order valence-corrected chi connectivity index (χ1v) is 13.4. The van der Waals surface area contributed by atoms with Gasteiger partial charge in [0.25, 0.3) is 11.8 Å². The number of fused-ring (bicyclic) bond motifs is 4. The van der Waals surface area contributed by atoms with Crippen LogP contribution in [0.5, 0.6) is 0 Å². The molecule has 0 bridgehead atoms. The first-order chi connectivity index (χ1) is 18.4. The molecule has 2 amide bonds. The number of ether oxygens (including phenoxy) is 2. The van der Waals surface area contributed by atoms with Crippen molar-refractivity contribution in [2.24, 2.45) is 0 Å². The molecule has 2 unspecified atom stereocenters. The molecular formula is C31H32N2O5. The van der Waals surface area contributed by atoms with E-state index in [4.69, 9.17) is 9.47 Å². The molecule has 4 aliphatic heterocycles. The quantitative estimate of drug-likeness (QED) is 0.218. The van der Waals surface area contributed by atoms with Crippen molar-refractivity contribution in [2.75, 3.05) is 29.5 Å². The number of carbonyl (C=O) groups is 3. The van der Waals surface area contributed by atoms with Crippen LogP contribution in [0.3, 0.4) is 0 Å². The topological polar surface area (TPSA) is 76.2 Å². The van der Waals surface area contributed by atoms with E-state index in [0.717, 1.165) is 60.2 Å². The van der Waals surface area contributed by atoms with Gasteiger partial charge in [0.1, 0.15) is 0 Å². The lowest BCUT2D eigenvalue weighted by molar-refractivity contribution is -0.156. The van der Waals surface area contributed by atoms with Gasteiger partial charge >= 0.3 is 5.97 Å². The van der Waals surface area contributed by atoms with Crippen molar-refractivity contribution in [3.05, 3.63) is 84.0 Å². The Labute approximate surface area is 222 Å². The van der Waals surface area contributed by atoms with Crippen molar-refractivity contribution in [3.63, 3.8) is 0 Å². The minimum atomic E-state index is -1.25. The molecular weight excluding hydrogens is 480 g/mol. The fraction of sp³-hybridized carbons (Fsp3) is 0.387. The maximum Gasteiger partial charge on any atom is 0.335 e. The number of benzene rings is 2. The van der Waals surface area contributed by atoms with Crippen molar-refractivity contribution in [1.82, 2.24) is 0 Å². The van der Waals surface area contributed by atoms with Crippen LogP contribution in [0.2, 0.25) is 0 Å². The summed E-state index contributed by atoms with van der Waals surface area (Å²) in [5.74, 6) is -0.653. The molecule has 7 heteroatoms. The Morgan fingerprint density at radius 2 is 1.24 bits per heavy atom. The predicted molar refractivity (Wildman–Crippen MR) is 144 cm³/mol. The summed E-state index contributed by atoms with van der Waals surface area (Å²) in [4.78, 5) is 42.6. The zero-order chi connectivity index (χ0) is 26.5. The van der Waals surface area contributed by atoms with E-state index in [2.05, 4.69) is 13.2 Å². The number of unbranched alkanes of at least 4 members (excludes halogenated alkanes) is 4. The van der Waals surface area contributed by atoms with Gasteiger partial charge in [-0.15, -0.1) is 0 Å². The smallest absolute Gasteiger partial charge is 0.335 e. The Morgan fingerprint density at radius 3 is 1.76 bits per heavy atom. The zero-order valence-corrected chi connectivity index (χ0v) is 21.5. The van der Waals surface area contributed by atoms with Crippen LogP contribution in [-0.4, -0.2) is 37.5 Å². The molecule has 2 atom stereocenters. The molecule has 0 aliphatic carbocycles. The molecule has 196 valence electrons. The lowest BCUT2D eigenvalue weighted by atomic mass is 9.91. The highest BCUT2D eigenvalue weighted by Crippen LogP contribution is 2.50. The number of carbonyl (C=O) groups excluding carboxylic acids is 3. The second kappa shape index (κ2) is 9.24. The molecule has 2 aromatic carbocycles. The van der Waals surface area contributed by atoms with Crippen LogP contribution in [0.1, 0.15) is 56.1 Å². The van der Waals surface area contributed by atoms with E-state index in [-0.39, 0.29) is 18.2 Å². The van der Waals surface area contributed by atoms with Gasteiger partial charge in [-0.1, -0.05) is 68.8 Å². The van der Waals surface area contributed by atoms with Crippen LogP contribution in [0.25, 0.3) is 0 Å². The maximum atomic E-state index is 13.4. The van der Waals surface area contributed by atoms with Crippen LogP contribution < -0.4 is 9.80 Å². The average Bonchev–Trinajstić information content (AvgIpc) is 3.59. The summed E-state index contributed by atoms with van der Waals surface area (Å²) in [5.41, 5.74) is 2.61. The molecule has 2 spiro atoms. The minimum absolute atomic E-state index is 0.0211. The summed E-state index contributed by atoms with van der Waals surface area (Å²) in [5, 5.41) is 0. The fourth-order valence-corrected chi connectivity index (χ4v) is 6.40. The summed E-state index contributed by atoms with van der Waals surface area (Å²) in [6, 6.07) is 15.5. The Morgan fingerprint density at radius 1 is 0.711 bits per heavy atom. The first kappa shape index (κ1) is 24.6. The Balaban J connectivity index is 1.01. The largest absolute Gasteiger partial charge is 0.440 e. The third-order valence-corrected chi connectivity index (χ3v) is 8.24. The summed E-state index contributed by atoms with van der Waals surface area (Å²) < 4.78 is 11.6. The normalized spacial score (nSPS) is 25.7. The monoisotopic (exact) mass is 512 g/mol. The summed E-state index contributed by atoms with van der Waals surface area (Å²) >= 11 is 0. The number of hydrogen-bond donors (Lipinski definition) is 0. The fourth-order valence-electron chi connectivity index (χ4n) is 6.40. The highest BCUT2D eigenvalue weighted by Gasteiger charge is 2.58. The van der Waals surface area contributed by atoms with Crippen molar-refractivity contribution in [2.45, 2.75) is 56.1 Å². The summed E-state index contributed by atoms with van der Waals surface area (Å²) in [6.45, 7) is 9.47. The molecule has 7 nitrogen and oxygen atoms in total. The van der Waals surface area contributed by atoms with Gasteiger partial charge in [0, 0.05) is 42.6 Å². The Hall–Kier alpha value is -3.71. The number of anilines is 2. The second-order valence-electron chi connectivity index (χ2n) is 10.8. The third-order valence-electron chi connectivity index (χ3n) is 8.24. The Bertz CT molecular complexity index is 1350. The molecule has 4 heterocycles. The van der Waals surface area contributed by atoms with Gasteiger partial charge in [-0.25, -0.2) is 4.79 Å². The molecule has 2 saturated heterocycles. The lowest BCUT2D eigenvalue weighted by Crippen LogP contribution is -2.40. The van der Waals surface area contributed by atoms with E-state index in [9.17, 15) is 14.4 Å². The third kappa shape index (κ3) is 3.63. The molecule has 2 fully saturated rings. The standard InChI is InChI=1S/C31H32N2O5/c1-21-18-30(37-20-21)23-12-6-8-14-25(23)32(28(30)35)16-10-4-3-5-11-17-33-26-15-9-7-13-24(26)31(29(33)36)19-22(2)27(34)38-31/h6-9,12-15H,1-5,10-11,16-20H2. The van der Waals surface area contributed by atoms with Gasteiger partial charge in [0.15, 0.2) is 5.60 Å². The maximum absolute atomic E-state index is 13.4. The molecule has 2 aromatic rings.